The minimum absolute atomic E-state index is 0.711. The van der Waals surface area contributed by atoms with Gasteiger partial charge >= 0.3 is 0 Å². The molecular weight excluding hydrogens is 192 g/mol. The molecule has 1 aromatic carbocycles. The number of nitrogens with zero attached hydrogens (tertiary/aromatic N) is 1. The summed E-state index contributed by atoms with van der Waals surface area (Å²) >= 11 is 1.44. The van der Waals surface area contributed by atoms with Gasteiger partial charge in [-0.05, 0) is 17.5 Å². The predicted molar refractivity (Wildman–Crippen MR) is 58.9 cm³/mol. The van der Waals surface area contributed by atoms with Gasteiger partial charge in [0, 0.05) is 16.8 Å². The maximum Gasteiger partial charge on any atom is 0.112 e. The summed E-state index contributed by atoms with van der Waals surface area (Å²) < 4.78 is 0. The zero-order valence-corrected chi connectivity index (χ0v) is 8.21. The molecule has 3 heteroatoms. The van der Waals surface area contributed by atoms with Crippen LogP contribution in [0.3, 0.4) is 0 Å². The number of nitrogen functional groups attached to an aromatic ring is 1. The fraction of sp³-hybridized carbons (Fsp3) is 0. The minimum atomic E-state index is 0.711. The number of hydrogen-bond donors (Lipinski definition) is 1. The number of nitrogens with two attached hydrogens (primary N) is 1. The van der Waals surface area contributed by atoms with Gasteiger partial charge in [0.25, 0.3) is 0 Å². The molecule has 0 atom stereocenters. The van der Waals surface area contributed by atoms with Crippen LogP contribution >= 0.6 is 11.3 Å². The molecule has 0 fully saturated rings. The molecule has 0 amide bonds. The Labute approximate surface area is 86.2 Å². The van der Waals surface area contributed by atoms with Crippen molar-refractivity contribution in [3.05, 3.63) is 40.6 Å². The van der Waals surface area contributed by atoms with Crippen LogP contribution in [0.1, 0.15) is 4.88 Å². The number of nitriles is 1. The highest BCUT2D eigenvalue weighted by molar-refractivity contribution is 7.11. The molecular formula is C11H8N2S. The summed E-state index contributed by atoms with van der Waals surface area (Å²) in [4.78, 5) is 0.711. The van der Waals surface area contributed by atoms with Gasteiger partial charge < -0.3 is 5.73 Å². The molecule has 0 radical (unpaired) electrons. The average Bonchev–Trinajstić information content (AvgIpc) is 2.66. The summed E-state index contributed by atoms with van der Waals surface area (Å²) in [6.45, 7) is 0. The van der Waals surface area contributed by atoms with Crippen molar-refractivity contribution >= 4 is 17.0 Å². The highest BCUT2D eigenvalue weighted by atomic mass is 32.1. The van der Waals surface area contributed by atoms with E-state index in [2.05, 4.69) is 6.07 Å². The molecule has 0 saturated carbocycles. The fourth-order valence-electron chi connectivity index (χ4n) is 1.35. The van der Waals surface area contributed by atoms with Gasteiger partial charge in [0.05, 0.1) is 0 Å². The number of hydrogen-bond acceptors (Lipinski definition) is 3. The van der Waals surface area contributed by atoms with Gasteiger partial charge in [-0.3, -0.25) is 0 Å². The molecule has 2 N–H and O–H groups in total. The summed E-state index contributed by atoms with van der Waals surface area (Å²) in [5.74, 6) is 0. The molecule has 0 aliphatic carbocycles. The first kappa shape index (κ1) is 8.79. The first-order valence-electron chi connectivity index (χ1n) is 4.15. The summed E-state index contributed by atoms with van der Waals surface area (Å²) in [7, 11) is 0. The summed E-state index contributed by atoms with van der Waals surface area (Å²) in [6, 6.07) is 11.7. The highest BCUT2D eigenvalue weighted by Crippen LogP contribution is 2.31. The Hall–Kier alpha value is -1.79. The van der Waals surface area contributed by atoms with Gasteiger partial charge in [-0.1, -0.05) is 18.2 Å². The van der Waals surface area contributed by atoms with Crippen LogP contribution in [0.4, 0.5) is 5.69 Å². The van der Waals surface area contributed by atoms with Gasteiger partial charge in [0.1, 0.15) is 10.9 Å². The van der Waals surface area contributed by atoms with Gasteiger partial charge in [-0.2, -0.15) is 5.26 Å². The summed E-state index contributed by atoms with van der Waals surface area (Å²) in [6.07, 6.45) is 0. The van der Waals surface area contributed by atoms with E-state index in [-0.39, 0.29) is 0 Å². The quantitative estimate of drug-likeness (QED) is 0.719. The van der Waals surface area contributed by atoms with Crippen molar-refractivity contribution in [3.8, 4) is 17.2 Å². The van der Waals surface area contributed by atoms with Crippen LogP contribution in [0, 0.1) is 11.3 Å². The normalized spacial score (nSPS) is 9.64. The summed E-state index contributed by atoms with van der Waals surface area (Å²) in [5, 5.41) is 10.8. The molecule has 14 heavy (non-hydrogen) atoms. The van der Waals surface area contributed by atoms with Crippen molar-refractivity contribution in [1.82, 2.24) is 0 Å². The lowest BCUT2D eigenvalue weighted by molar-refractivity contribution is 1.52. The van der Waals surface area contributed by atoms with Crippen LogP contribution in [0.25, 0.3) is 11.1 Å². The van der Waals surface area contributed by atoms with E-state index in [1.807, 2.05) is 35.7 Å². The topological polar surface area (TPSA) is 49.8 Å². The van der Waals surface area contributed by atoms with E-state index >= 15 is 0 Å². The lowest BCUT2D eigenvalue weighted by Gasteiger charge is -2.02. The third-order valence-corrected chi connectivity index (χ3v) is 2.84. The third kappa shape index (κ3) is 1.36. The van der Waals surface area contributed by atoms with E-state index in [4.69, 9.17) is 11.0 Å². The summed E-state index contributed by atoms with van der Waals surface area (Å²) in [5.41, 5.74) is 8.40. The van der Waals surface area contributed by atoms with E-state index in [0.29, 0.717) is 10.6 Å². The number of thiophene rings is 1. The number of para-hydroxylation sites is 1. The fourth-order valence-corrected chi connectivity index (χ4v) is 2.05. The van der Waals surface area contributed by atoms with E-state index in [1.54, 1.807) is 0 Å². The zero-order chi connectivity index (χ0) is 9.97. The Morgan fingerprint density at radius 1 is 1.14 bits per heavy atom. The largest absolute Gasteiger partial charge is 0.398 e. The molecule has 2 nitrogen and oxygen atoms in total. The Kier molecular flexibility index (Phi) is 2.21. The lowest BCUT2D eigenvalue weighted by atomic mass is 10.1. The van der Waals surface area contributed by atoms with Gasteiger partial charge in [0.2, 0.25) is 0 Å². The number of anilines is 1. The van der Waals surface area contributed by atoms with E-state index in [0.717, 1.165) is 11.1 Å². The number of rotatable bonds is 1. The van der Waals surface area contributed by atoms with Crippen LogP contribution in [-0.4, -0.2) is 0 Å². The molecule has 2 rings (SSSR count). The second-order valence-electron chi connectivity index (χ2n) is 2.86. The second-order valence-corrected chi connectivity index (χ2v) is 3.78. The van der Waals surface area contributed by atoms with Crippen LogP contribution in [-0.2, 0) is 0 Å². The third-order valence-electron chi connectivity index (χ3n) is 2.02. The van der Waals surface area contributed by atoms with Gasteiger partial charge in [-0.25, -0.2) is 0 Å². The molecule has 0 aliphatic heterocycles. The predicted octanol–water partition coefficient (Wildman–Crippen LogP) is 2.87. The monoisotopic (exact) mass is 200 g/mol. The van der Waals surface area contributed by atoms with Crippen LogP contribution in [0.15, 0.2) is 35.7 Å². The van der Waals surface area contributed by atoms with Crippen LogP contribution < -0.4 is 5.73 Å². The van der Waals surface area contributed by atoms with Crippen molar-refractivity contribution in [2.24, 2.45) is 0 Å². The lowest BCUT2D eigenvalue weighted by Crippen LogP contribution is -1.88. The minimum Gasteiger partial charge on any atom is -0.398 e. The second kappa shape index (κ2) is 3.52. The smallest absolute Gasteiger partial charge is 0.112 e. The molecule has 0 bridgehead atoms. The molecule has 0 saturated heterocycles. The molecule has 0 aliphatic rings. The maximum absolute atomic E-state index is 8.88. The molecule has 1 heterocycles. The zero-order valence-electron chi connectivity index (χ0n) is 7.40. The molecule has 0 spiro atoms. The van der Waals surface area contributed by atoms with Crippen molar-refractivity contribution in [1.29, 1.82) is 5.26 Å². The van der Waals surface area contributed by atoms with E-state index < -0.39 is 0 Å². The van der Waals surface area contributed by atoms with Crippen LogP contribution in [0.5, 0.6) is 0 Å². The van der Waals surface area contributed by atoms with Gasteiger partial charge in [0.15, 0.2) is 0 Å². The molecule has 2 aromatic rings. The molecule has 1 aromatic heterocycles. The van der Waals surface area contributed by atoms with Crippen molar-refractivity contribution in [2.75, 3.05) is 5.73 Å². The highest BCUT2D eigenvalue weighted by Gasteiger charge is 2.07. The van der Waals surface area contributed by atoms with Crippen LogP contribution in [0.2, 0.25) is 0 Å². The van der Waals surface area contributed by atoms with Gasteiger partial charge in [-0.15, -0.1) is 11.3 Å². The first-order chi connectivity index (χ1) is 6.83. The maximum atomic E-state index is 8.88. The van der Waals surface area contributed by atoms with Crippen molar-refractivity contribution < 1.29 is 0 Å². The Balaban J connectivity index is 2.62. The standard InChI is InChI=1S/C11H8N2S/c12-7-11-9(5-6-14-11)8-3-1-2-4-10(8)13/h1-6H,13H2. The average molecular weight is 200 g/mol. The van der Waals surface area contributed by atoms with Crippen molar-refractivity contribution in [3.63, 3.8) is 0 Å². The molecule has 0 unspecified atom stereocenters. The first-order valence-corrected chi connectivity index (χ1v) is 5.03. The Bertz CT molecular complexity index is 494. The van der Waals surface area contributed by atoms with Crippen molar-refractivity contribution in [2.45, 2.75) is 0 Å². The number of benzene rings is 1. The Morgan fingerprint density at radius 2 is 1.93 bits per heavy atom. The van der Waals surface area contributed by atoms with E-state index in [1.165, 1.54) is 11.3 Å². The SMILES string of the molecule is N#Cc1sccc1-c1ccccc1N. The molecule has 68 valence electrons. The Morgan fingerprint density at radius 3 is 2.64 bits per heavy atom. The van der Waals surface area contributed by atoms with E-state index in [9.17, 15) is 0 Å².